The van der Waals surface area contributed by atoms with Gasteiger partial charge in [0.2, 0.25) is 11.8 Å². The van der Waals surface area contributed by atoms with Crippen molar-refractivity contribution < 1.29 is 19.1 Å². The van der Waals surface area contributed by atoms with Crippen LogP contribution in [0.15, 0.2) is 24.4 Å². The maximum absolute atomic E-state index is 13.0. The first-order valence-corrected chi connectivity index (χ1v) is 11.2. The number of nitrogens with two attached hydrogens (primary N) is 1. The highest BCUT2D eigenvalue weighted by Gasteiger charge is 2.39. The van der Waals surface area contributed by atoms with Crippen LogP contribution in [0.5, 0.6) is 0 Å². The molecule has 4 heterocycles. The number of carbonyl (C=O) groups excluding carboxylic acids is 3. The van der Waals surface area contributed by atoms with Crippen LogP contribution in [0.25, 0.3) is 0 Å². The van der Waals surface area contributed by atoms with Crippen LogP contribution in [0.2, 0.25) is 0 Å². The molecule has 5 rings (SSSR count). The zero-order valence-electron chi connectivity index (χ0n) is 18.2. The Kier molecular flexibility index (Phi) is 5.92. The number of piperidine rings is 1. The van der Waals surface area contributed by atoms with E-state index >= 15 is 0 Å². The van der Waals surface area contributed by atoms with Crippen LogP contribution >= 0.6 is 0 Å². The van der Waals surface area contributed by atoms with Gasteiger partial charge in [-0.15, -0.1) is 5.10 Å². The van der Waals surface area contributed by atoms with Crippen molar-refractivity contribution in [3.8, 4) is 0 Å². The molecule has 2 saturated heterocycles. The maximum atomic E-state index is 13.0. The molecule has 0 bridgehead atoms. The van der Waals surface area contributed by atoms with E-state index in [1.165, 1.54) is 0 Å². The van der Waals surface area contributed by atoms with E-state index in [0.29, 0.717) is 51.4 Å². The fourth-order valence-corrected chi connectivity index (χ4v) is 4.80. The molecule has 1 unspecified atom stereocenters. The fraction of sp³-hybridized carbons (Fsp3) is 0.500. The van der Waals surface area contributed by atoms with E-state index in [9.17, 15) is 14.4 Å². The van der Waals surface area contributed by atoms with Gasteiger partial charge < -0.3 is 20.7 Å². The van der Waals surface area contributed by atoms with Crippen molar-refractivity contribution in [2.24, 2.45) is 11.7 Å². The summed E-state index contributed by atoms with van der Waals surface area (Å²) in [6.07, 6.45) is 2.51. The third-order valence-electron chi connectivity index (χ3n) is 6.67. The molecule has 1 aromatic carbocycles. The predicted octanol–water partition coefficient (Wildman–Crippen LogP) is -0.525. The molecule has 0 radical (unpaired) electrons. The molecule has 2 aromatic rings. The molecule has 33 heavy (non-hydrogen) atoms. The Labute approximate surface area is 190 Å². The lowest BCUT2D eigenvalue weighted by Gasteiger charge is -2.29. The van der Waals surface area contributed by atoms with Crippen LogP contribution < -0.4 is 16.4 Å². The number of amides is 3. The summed E-state index contributed by atoms with van der Waals surface area (Å²) in [4.78, 5) is 38.3. The zero-order chi connectivity index (χ0) is 22.9. The van der Waals surface area contributed by atoms with E-state index in [0.717, 1.165) is 16.8 Å². The molecule has 11 nitrogen and oxygen atoms in total. The maximum Gasteiger partial charge on any atom is 0.255 e. The lowest BCUT2D eigenvalue weighted by atomic mass is 10.0. The number of benzene rings is 1. The van der Waals surface area contributed by atoms with Gasteiger partial charge >= 0.3 is 0 Å². The third kappa shape index (κ3) is 4.14. The van der Waals surface area contributed by atoms with Gasteiger partial charge in [-0.25, -0.2) is 4.68 Å². The molecule has 3 aliphatic rings. The molecule has 11 heteroatoms. The molecule has 3 aliphatic heterocycles. The first-order chi connectivity index (χ1) is 16.0. The average Bonchev–Trinajstić information content (AvgIpc) is 3.53. The van der Waals surface area contributed by atoms with Crippen LogP contribution in [0.1, 0.15) is 46.1 Å². The molecule has 2 fully saturated rings. The van der Waals surface area contributed by atoms with E-state index in [1.54, 1.807) is 11.0 Å². The van der Waals surface area contributed by atoms with E-state index in [2.05, 4.69) is 20.9 Å². The zero-order valence-corrected chi connectivity index (χ0v) is 18.2. The normalized spacial score (nSPS) is 24.9. The lowest BCUT2D eigenvalue weighted by molar-refractivity contribution is -0.136. The largest absolute Gasteiger partial charge is 0.379 e. The Balaban J connectivity index is 1.22. The molecule has 0 aliphatic carbocycles. The van der Waals surface area contributed by atoms with E-state index in [1.807, 2.05) is 23.0 Å². The predicted molar refractivity (Wildman–Crippen MR) is 115 cm³/mol. The summed E-state index contributed by atoms with van der Waals surface area (Å²) in [5.41, 5.74) is 9.15. The number of hydrogen-bond acceptors (Lipinski definition) is 8. The van der Waals surface area contributed by atoms with Crippen LogP contribution in [-0.4, -0.2) is 63.4 Å². The van der Waals surface area contributed by atoms with E-state index in [4.69, 9.17) is 10.5 Å². The van der Waals surface area contributed by atoms with Gasteiger partial charge in [0.25, 0.3) is 5.91 Å². The standard InChI is InChI=1S/C22H27N7O4/c23-6-14-11-33-12-19(14)29-9-15(26-27-29)8-24-7-13-2-1-3-16-17(13)10-28(22(16)32)18-4-5-20(30)25-21(18)31/h1-3,9,14,18-19,24H,4-8,10-12,23H2,(H,25,30,31)/t14-,18?,19-/m1/s1. The van der Waals surface area contributed by atoms with Crippen molar-refractivity contribution in [2.45, 2.75) is 44.6 Å². The number of imide groups is 1. The molecule has 0 spiro atoms. The smallest absolute Gasteiger partial charge is 0.255 e. The van der Waals surface area contributed by atoms with Crippen molar-refractivity contribution in [3.63, 3.8) is 0 Å². The first-order valence-electron chi connectivity index (χ1n) is 11.2. The lowest BCUT2D eigenvalue weighted by Crippen LogP contribution is -2.52. The van der Waals surface area contributed by atoms with Crippen molar-refractivity contribution in [2.75, 3.05) is 19.8 Å². The van der Waals surface area contributed by atoms with Gasteiger partial charge in [0.15, 0.2) is 0 Å². The van der Waals surface area contributed by atoms with Gasteiger partial charge in [0.05, 0.1) is 31.1 Å². The summed E-state index contributed by atoms with van der Waals surface area (Å²) >= 11 is 0. The SMILES string of the molecule is NC[C@@H]1COC[C@H]1n1cc(CNCc2cccc3c2CN(C2CCC(=O)NC2=O)C3=O)nn1. The Hall–Kier alpha value is -3.15. The van der Waals surface area contributed by atoms with Crippen molar-refractivity contribution in [3.05, 3.63) is 46.8 Å². The van der Waals surface area contributed by atoms with Gasteiger partial charge in [0, 0.05) is 37.5 Å². The Morgan fingerprint density at radius 3 is 2.91 bits per heavy atom. The van der Waals surface area contributed by atoms with Gasteiger partial charge in [-0.3, -0.25) is 19.7 Å². The monoisotopic (exact) mass is 453 g/mol. The highest BCUT2D eigenvalue weighted by atomic mass is 16.5. The topological polar surface area (TPSA) is 144 Å². The van der Waals surface area contributed by atoms with Crippen LogP contribution in [0, 0.1) is 5.92 Å². The van der Waals surface area contributed by atoms with Gasteiger partial charge in [-0.2, -0.15) is 0 Å². The minimum Gasteiger partial charge on any atom is -0.379 e. The highest BCUT2D eigenvalue weighted by molar-refractivity contribution is 6.05. The molecule has 4 N–H and O–H groups in total. The first kappa shape index (κ1) is 21.7. The van der Waals surface area contributed by atoms with Gasteiger partial charge in [0.1, 0.15) is 6.04 Å². The summed E-state index contributed by atoms with van der Waals surface area (Å²) in [6, 6.07) is 5.11. The number of aromatic nitrogens is 3. The van der Waals surface area contributed by atoms with Crippen LogP contribution in [0.4, 0.5) is 0 Å². The van der Waals surface area contributed by atoms with Crippen LogP contribution in [0.3, 0.4) is 0 Å². The summed E-state index contributed by atoms with van der Waals surface area (Å²) in [6.45, 7) is 3.20. The number of hydrogen-bond donors (Lipinski definition) is 3. The van der Waals surface area contributed by atoms with Crippen molar-refractivity contribution in [1.82, 2.24) is 30.5 Å². The highest BCUT2D eigenvalue weighted by Crippen LogP contribution is 2.30. The molecular weight excluding hydrogens is 426 g/mol. The Morgan fingerprint density at radius 1 is 1.21 bits per heavy atom. The molecule has 3 amide bonds. The number of carbonyl (C=O) groups is 3. The molecule has 1 aromatic heterocycles. The second-order valence-electron chi connectivity index (χ2n) is 8.74. The van der Waals surface area contributed by atoms with Crippen LogP contribution in [-0.2, 0) is 34.0 Å². The number of fused-ring (bicyclic) bond motifs is 1. The number of nitrogens with zero attached hydrogens (tertiary/aromatic N) is 4. The summed E-state index contributed by atoms with van der Waals surface area (Å²) in [5, 5.41) is 14.2. The van der Waals surface area contributed by atoms with Gasteiger partial charge in [-0.05, 0) is 30.2 Å². The van der Waals surface area contributed by atoms with Crippen molar-refractivity contribution in [1.29, 1.82) is 0 Å². The second-order valence-corrected chi connectivity index (χ2v) is 8.74. The van der Waals surface area contributed by atoms with Gasteiger partial charge in [-0.1, -0.05) is 17.3 Å². The Morgan fingerprint density at radius 2 is 2.09 bits per heavy atom. The molecular formula is C22H27N7O4. The minimum absolute atomic E-state index is 0.109. The molecule has 3 atom stereocenters. The molecule has 174 valence electrons. The third-order valence-corrected chi connectivity index (χ3v) is 6.67. The number of ether oxygens (including phenoxy) is 1. The second kappa shape index (κ2) is 9.00. The minimum atomic E-state index is -0.615. The number of nitrogens with one attached hydrogen (secondary N) is 2. The Bertz CT molecular complexity index is 1080. The fourth-order valence-electron chi connectivity index (χ4n) is 4.80. The average molecular weight is 454 g/mol. The van der Waals surface area contributed by atoms with Crippen molar-refractivity contribution >= 4 is 17.7 Å². The van der Waals surface area contributed by atoms with E-state index in [-0.39, 0.29) is 30.2 Å². The van der Waals surface area contributed by atoms with E-state index < -0.39 is 11.9 Å². The number of rotatable bonds is 7. The summed E-state index contributed by atoms with van der Waals surface area (Å²) in [7, 11) is 0. The summed E-state index contributed by atoms with van der Waals surface area (Å²) in [5.74, 6) is -0.622. The quantitative estimate of drug-likeness (QED) is 0.475. The summed E-state index contributed by atoms with van der Waals surface area (Å²) < 4.78 is 7.35. The molecule has 0 saturated carbocycles.